The Balaban J connectivity index is 2.22. The predicted octanol–water partition coefficient (Wildman–Crippen LogP) is 2.75. The molecule has 0 radical (unpaired) electrons. The molecule has 2 heteroatoms. The summed E-state index contributed by atoms with van der Waals surface area (Å²) < 4.78 is 5.15. The molecule has 0 saturated heterocycles. The van der Waals surface area contributed by atoms with Gasteiger partial charge in [-0.3, -0.25) is 0 Å². The molecule has 0 heterocycles. The Hall–Kier alpha value is -1.02. The molecule has 1 fully saturated rings. The first-order valence-electron chi connectivity index (χ1n) is 5.77. The third-order valence-electron chi connectivity index (χ3n) is 3.64. The van der Waals surface area contributed by atoms with Crippen LogP contribution in [0.3, 0.4) is 0 Å². The van der Waals surface area contributed by atoms with Gasteiger partial charge >= 0.3 is 0 Å². The smallest absolute Gasteiger partial charge is 0.118 e. The number of benzene rings is 1. The summed E-state index contributed by atoms with van der Waals surface area (Å²) >= 11 is 0. The van der Waals surface area contributed by atoms with Crippen molar-refractivity contribution in [3.05, 3.63) is 29.8 Å². The number of aliphatic hydroxyl groups is 1. The molecule has 1 N–H and O–H groups in total. The van der Waals surface area contributed by atoms with E-state index in [2.05, 4.69) is 26.0 Å². The van der Waals surface area contributed by atoms with E-state index >= 15 is 0 Å². The van der Waals surface area contributed by atoms with E-state index in [9.17, 15) is 5.11 Å². The fraction of sp³-hybridized carbons (Fsp3) is 0.571. The lowest BCUT2D eigenvalue weighted by Crippen LogP contribution is -2.49. The summed E-state index contributed by atoms with van der Waals surface area (Å²) in [6, 6.07) is 8.09. The van der Waals surface area contributed by atoms with Crippen molar-refractivity contribution in [1.82, 2.24) is 0 Å². The first-order chi connectivity index (χ1) is 7.51. The van der Waals surface area contributed by atoms with Crippen LogP contribution in [0.1, 0.15) is 32.3 Å². The van der Waals surface area contributed by atoms with Crippen LogP contribution in [-0.4, -0.2) is 18.8 Å². The monoisotopic (exact) mass is 220 g/mol. The van der Waals surface area contributed by atoms with Gasteiger partial charge in [-0.2, -0.15) is 0 Å². The molecule has 0 amide bonds. The zero-order valence-electron chi connectivity index (χ0n) is 10.3. The Morgan fingerprint density at radius 2 is 1.75 bits per heavy atom. The number of rotatable bonds is 3. The van der Waals surface area contributed by atoms with Crippen LogP contribution in [0.4, 0.5) is 0 Å². The van der Waals surface area contributed by atoms with Crippen molar-refractivity contribution in [2.75, 3.05) is 13.7 Å². The maximum atomic E-state index is 9.62. The molecule has 2 nitrogen and oxygen atoms in total. The van der Waals surface area contributed by atoms with Gasteiger partial charge in [0.05, 0.1) is 13.7 Å². The largest absolute Gasteiger partial charge is 0.497 e. The van der Waals surface area contributed by atoms with Gasteiger partial charge in [0.25, 0.3) is 0 Å². The molecule has 0 aromatic heterocycles. The van der Waals surface area contributed by atoms with Crippen molar-refractivity contribution in [1.29, 1.82) is 0 Å². The molecular formula is C14H20O2. The highest BCUT2D eigenvalue weighted by molar-refractivity contribution is 5.35. The lowest BCUT2D eigenvalue weighted by Gasteiger charge is -2.53. The number of methoxy groups -OCH3 is 1. The molecule has 1 aliphatic carbocycles. The van der Waals surface area contributed by atoms with Crippen molar-refractivity contribution in [2.45, 2.75) is 32.1 Å². The van der Waals surface area contributed by atoms with Crippen molar-refractivity contribution in [2.24, 2.45) is 5.41 Å². The zero-order valence-corrected chi connectivity index (χ0v) is 10.3. The molecule has 0 aliphatic heterocycles. The molecule has 0 unspecified atom stereocenters. The Bertz CT molecular complexity index is 357. The van der Waals surface area contributed by atoms with Crippen molar-refractivity contribution < 1.29 is 9.84 Å². The summed E-state index contributed by atoms with van der Waals surface area (Å²) in [4.78, 5) is 0. The minimum Gasteiger partial charge on any atom is -0.497 e. The van der Waals surface area contributed by atoms with E-state index in [1.807, 2.05) is 12.1 Å². The molecule has 1 aliphatic rings. The van der Waals surface area contributed by atoms with Crippen molar-refractivity contribution in [3.63, 3.8) is 0 Å². The molecule has 1 saturated carbocycles. The van der Waals surface area contributed by atoms with Crippen LogP contribution in [0.2, 0.25) is 0 Å². The van der Waals surface area contributed by atoms with Crippen LogP contribution in [0, 0.1) is 5.41 Å². The molecule has 1 aromatic carbocycles. The predicted molar refractivity (Wildman–Crippen MR) is 64.8 cm³/mol. The van der Waals surface area contributed by atoms with Crippen LogP contribution in [0.5, 0.6) is 5.75 Å². The van der Waals surface area contributed by atoms with E-state index in [1.165, 1.54) is 5.56 Å². The standard InChI is InChI=1S/C14H20O2/c1-13(2)8-14(9-13,10-15)11-4-6-12(16-3)7-5-11/h4-7,15H,8-10H2,1-3H3. The summed E-state index contributed by atoms with van der Waals surface area (Å²) in [6.45, 7) is 4.75. The van der Waals surface area contributed by atoms with Crippen LogP contribution < -0.4 is 4.74 Å². The highest BCUT2D eigenvalue weighted by Gasteiger charge is 2.49. The van der Waals surface area contributed by atoms with Gasteiger partial charge in [0.15, 0.2) is 0 Å². The first kappa shape index (κ1) is 11.5. The van der Waals surface area contributed by atoms with Crippen LogP contribution >= 0.6 is 0 Å². The third-order valence-corrected chi connectivity index (χ3v) is 3.64. The fourth-order valence-corrected chi connectivity index (χ4v) is 3.13. The molecule has 1 aromatic rings. The molecule has 0 spiro atoms. The molecule has 88 valence electrons. The van der Waals surface area contributed by atoms with Crippen molar-refractivity contribution in [3.8, 4) is 5.75 Å². The van der Waals surface area contributed by atoms with E-state index in [-0.39, 0.29) is 12.0 Å². The molecule has 16 heavy (non-hydrogen) atoms. The van der Waals surface area contributed by atoms with Gasteiger partial charge in [0, 0.05) is 5.41 Å². The van der Waals surface area contributed by atoms with Gasteiger partial charge in [0.1, 0.15) is 5.75 Å². The molecule has 0 atom stereocenters. The maximum Gasteiger partial charge on any atom is 0.118 e. The van der Waals surface area contributed by atoms with Gasteiger partial charge in [0.2, 0.25) is 0 Å². The second-order valence-corrected chi connectivity index (χ2v) is 5.68. The number of hydrogen-bond donors (Lipinski definition) is 1. The van der Waals surface area contributed by atoms with Crippen LogP contribution in [0.25, 0.3) is 0 Å². The number of ether oxygens (including phenoxy) is 1. The quantitative estimate of drug-likeness (QED) is 0.848. The third kappa shape index (κ3) is 1.82. The lowest BCUT2D eigenvalue weighted by atomic mass is 9.52. The van der Waals surface area contributed by atoms with Gasteiger partial charge in [-0.1, -0.05) is 26.0 Å². The normalized spacial score (nSPS) is 21.2. The summed E-state index contributed by atoms with van der Waals surface area (Å²) in [5.74, 6) is 0.871. The summed E-state index contributed by atoms with van der Waals surface area (Å²) in [5, 5.41) is 9.62. The molecular weight excluding hydrogens is 200 g/mol. The average Bonchev–Trinajstić information content (AvgIpc) is 2.25. The average molecular weight is 220 g/mol. The minimum absolute atomic E-state index is 0.0181. The lowest BCUT2D eigenvalue weighted by molar-refractivity contribution is 0.00951. The topological polar surface area (TPSA) is 29.5 Å². The number of hydrogen-bond acceptors (Lipinski definition) is 2. The summed E-state index contributed by atoms with van der Waals surface area (Å²) in [5.41, 5.74) is 1.58. The van der Waals surface area contributed by atoms with Gasteiger partial charge in [-0.15, -0.1) is 0 Å². The highest BCUT2D eigenvalue weighted by atomic mass is 16.5. The Morgan fingerprint density at radius 1 is 1.19 bits per heavy atom. The SMILES string of the molecule is COc1ccc(C2(CO)CC(C)(C)C2)cc1. The summed E-state index contributed by atoms with van der Waals surface area (Å²) in [6.07, 6.45) is 2.12. The van der Waals surface area contributed by atoms with Crippen LogP contribution in [0.15, 0.2) is 24.3 Å². The van der Waals surface area contributed by atoms with Crippen molar-refractivity contribution >= 4 is 0 Å². The van der Waals surface area contributed by atoms with E-state index in [0.717, 1.165) is 18.6 Å². The number of aliphatic hydroxyl groups excluding tert-OH is 1. The van der Waals surface area contributed by atoms with E-state index in [4.69, 9.17) is 4.74 Å². The minimum atomic E-state index is -0.0181. The Labute approximate surface area is 97.3 Å². The second kappa shape index (κ2) is 3.77. The zero-order chi connectivity index (χ0) is 11.8. The first-order valence-corrected chi connectivity index (χ1v) is 5.77. The van der Waals surface area contributed by atoms with Gasteiger partial charge < -0.3 is 9.84 Å². The Kier molecular flexibility index (Phi) is 2.70. The Morgan fingerprint density at radius 3 is 2.12 bits per heavy atom. The van der Waals surface area contributed by atoms with Gasteiger partial charge in [-0.05, 0) is 36.0 Å². The summed E-state index contributed by atoms with van der Waals surface area (Å²) in [7, 11) is 1.67. The highest BCUT2D eigenvalue weighted by Crippen LogP contribution is 2.55. The maximum absolute atomic E-state index is 9.62. The van der Waals surface area contributed by atoms with E-state index in [1.54, 1.807) is 7.11 Å². The van der Waals surface area contributed by atoms with E-state index < -0.39 is 0 Å². The molecule has 0 bridgehead atoms. The second-order valence-electron chi connectivity index (χ2n) is 5.68. The van der Waals surface area contributed by atoms with E-state index in [0.29, 0.717) is 5.41 Å². The fourth-order valence-electron chi connectivity index (χ4n) is 3.13. The molecule has 2 rings (SSSR count). The van der Waals surface area contributed by atoms with Crippen LogP contribution in [-0.2, 0) is 5.41 Å². The van der Waals surface area contributed by atoms with Gasteiger partial charge in [-0.25, -0.2) is 0 Å².